The minimum atomic E-state index is -4.79. The van der Waals surface area contributed by atoms with E-state index >= 15 is 0 Å². The summed E-state index contributed by atoms with van der Waals surface area (Å²) in [5.41, 5.74) is 2.07. The number of nitrogens with one attached hydrogen (secondary N) is 1. The Kier molecular flexibility index (Phi) is 6.83. The van der Waals surface area contributed by atoms with Gasteiger partial charge in [-0.3, -0.25) is 4.79 Å². The minimum Gasteiger partial charge on any atom is -0.487 e. The fourth-order valence-corrected chi connectivity index (χ4v) is 4.54. The third-order valence-electron chi connectivity index (χ3n) is 6.70. The van der Waals surface area contributed by atoms with Crippen LogP contribution in [-0.4, -0.2) is 49.5 Å². The zero-order valence-corrected chi connectivity index (χ0v) is 21.2. The van der Waals surface area contributed by atoms with E-state index in [1.165, 1.54) is 25.3 Å². The first-order chi connectivity index (χ1) is 18.5. The molecule has 1 aliphatic carbocycles. The van der Waals surface area contributed by atoms with Gasteiger partial charge in [0.15, 0.2) is 0 Å². The Morgan fingerprint density at radius 2 is 1.74 bits per heavy atom. The average Bonchev–Trinajstić information content (AvgIpc) is 3.65. The van der Waals surface area contributed by atoms with Gasteiger partial charge >= 0.3 is 12.3 Å². The molecule has 2 fully saturated rings. The predicted molar refractivity (Wildman–Crippen MR) is 135 cm³/mol. The summed E-state index contributed by atoms with van der Waals surface area (Å²) in [4.78, 5) is 31.6. The second-order valence-electron chi connectivity index (χ2n) is 9.66. The van der Waals surface area contributed by atoms with Crippen LogP contribution in [0.25, 0.3) is 0 Å². The lowest BCUT2D eigenvalue weighted by Gasteiger charge is -2.40. The number of aromatic nitrogens is 1. The average molecular weight is 542 g/mol. The van der Waals surface area contributed by atoms with E-state index in [2.05, 4.69) is 15.0 Å². The predicted octanol–water partition coefficient (Wildman–Crippen LogP) is 4.76. The number of aryl methyl sites for hydroxylation is 1. The summed E-state index contributed by atoms with van der Waals surface area (Å²) >= 11 is 0. The van der Waals surface area contributed by atoms with E-state index in [0.29, 0.717) is 30.0 Å². The van der Waals surface area contributed by atoms with Crippen molar-refractivity contribution >= 4 is 17.7 Å². The fraction of sp³-hybridized carbons (Fsp3) is 0.321. The molecule has 5 rings (SSSR count). The Hall–Kier alpha value is -4.28. The molecule has 204 valence electrons. The van der Waals surface area contributed by atoms with E-state index in [1.807, 2.05) is 24.0 Å². The van der Waals surface area contributed by atoms with E-state index in [1.54, 1.807) is 30.5 Å². The zero-order valence-electron chi connectivity index (χ0n) is 21.2. The molecule has 1 N–H and O–H groups in total. The maximum Gasteiger partial charge on any atom is 0.573 e. The van der Waals surface area contributed by atoms with E-state index in [-0.39, 0.29) is 23.5 Å². The SMILES string of the molecule is COC(=O)c1ccc(C2(NC(=O)c3cc(C)cnc3N3CC(Oc4cccc(OC(F)(F)F)c4)C3)CC2)cc1. The molecule has 3 aromatic rings. The number of anilines is 1. The number of pyridine rings is 1. The van der Waals surface area contributed by atoms with Crippen molar-refractivity contribution in [1.82, 2.24) is 10.3 Å². The van der Waals surface area contributed by atoms with Crippen molar-refractivity contribution in [3.8, 4) is 11.5 Å². The molecule has 0 spiro atoms. The van der Waals surface area contributed by atoms with Crippen molar-refractivity contribution in [2.24, 2.45) is 0 Å². The summed E-state index contributed by atoms with van der Waals surface area (Å²) in [7, 11) is 1.32. The van der Waals surface area contributed by atoms with Gasteiger partial charge in [0.25, 0.3) is 5.91 Å². The fourth-order valence-electron chi connectivity index (χ4n) is 4.54. The number of carbonyl (C=O) groups excluding carboxylic acids is 2. The molecule has 11 heteroatoms. The van der Waals surface area contributed by atoms with Gasteiger partial charge in [0.05, 0.1) is 36.9 Å². The molecule has 1 saturated carbocycles. The van der Waals surface area contributed by atoms with E-state index in [9.17, 15) is 22.8 Å². The third-order valence-corrected chi connectivity index (χ3v) is 6.70. The lowest BCUT2D eigenvalue weighted by Crippen LogP contribution is -2.55. The van der Waals surface area contributed by atoms with Crippen molar-refractivity contribution in [2.75, 3.05) is 25.1 Å². The zero-order chi connectivity index (χ0) is 27.8. The molecule has 39 heavy (non-hydrogen) atoms. The number of ether oxygens (including phenoxy) is 3. The second-order valence-corrected chi connectivity index (χ2v) is 9.66. The second kappa shape index (κ2) is 10.1. The Morgan fingerprint density at radius 1 is 1.05 bits per heavy atom. The molecule has 1 saturated heterocycles. The largest absolute Gasteiger partial charge is 0.573 e. The Labute approximate surface area is 222 Å². The number of halogens is 3. The highest BCUT2D eigenvalue weighted by molar-refractivity contribution is 6.00. The number of hydrogen-bond donors (Lipinski definition) is 1. The topological polar surface area (TPSA) is 90.0 Å². The third kappa shape index (κ3) is 5.92. The van der Waals surface area contributed by atoms with Crippen LogP contribution in [0.3, 0.4) is 0 Å². The van der Waals surface area contributed by atoms with Gasteiger partial charge in [-0.1, -0.05) is 18.2 Å². The standard InChI is InChI=1S/C28H26F3N3O5/c1-17-12-23(25(35)33-27(10-11-27)19-8-6-18(7-9-19)26(36)37-2)24(32-14-17)34-15-22(16-34)38-20-4-3-5-21(13-20)39-28(29,30)31/h3-9,12-14,22H,10-11,15-16H2,1-2H3,(H,33,35). The van der Waals surface area contributed by atoms with Gasteiger partial charge in [0.1, 0.15) is 23.4 Å². The summed E-state index contributed by atoms with van der Waals surface area (Å²) in [6.07, 6.45) is -1.88. The number of carbonyl (C=O) groups is 2. The van der Waals surface area contributed by atoms with Crippen LogP contribution in [0.5, 0.6) is 11.5 Å². The molecule has 0 unspecified atom stereocenters. The van der Waals surface area contributed by atoms with Crippen LogP contribution < -0.4 is 19.7 Å². The molecular weight excluding hydrogens is 515 g/mol. The number of hydrogen-bond acceptors (Lipinski definition) is 7. The number of nitrogens with zero attached hydrogens (tertiary/aromatic N) is 2. The summed E-state index contributed by atoms with van der Waals surface area (Å²) in [5.74, 6) is -0.291. The molecule has 2 aromatic carbocycles. The Bertz CT molecular complexity index is 1380. The van der Waals surface area contributed by atoms with Gasteiger partial charge in [-0.2, -0.15) is 0 Å². The number of benzene rings is 2. The van der Waals surface area contributed by atoms with Crippen molar-refractivity contribution in [3.05, 3.63) is 83.0 Å². The monoisotopic (exact) mass is 541 g/mol. The van der Waals surface area contributed by atoms with Crippen LogP contribution >= 0.6 is 0 Å². The van der Waals surface area contributed by atoms with Gasteiger partial charge in [0.2, 0.25) is 0 Å². The van der Waals surface area contributed by atoms with Crippen molar-refractivity contribution in [2.45, 2.75) is 37.8 Å². The molecule has 2 heterocycles. The lowest BCUT2D eigenvalue weighted by molar-refractivity contribution is -0.274. The van der Waals surface area contributed by atoms with Gasteiger partial charge in [0, 0.05) is 12.3 Å². The number of methoxy groups -OCH3 is 1. The molecule has 0 atom stereocenters. The number of rotatable bonds is 8. The molecule has 2 aliphatic rings. The number of esters is 1. The molecule has 8 nitrogen and oxygen atoms in total. The molecule has 0 radical (unpaired) electrons. The van der Waals surface area contributed by atoms with Gasteiger partial charge < -0.3 is 24.4 Å². The van der Waals surface area contributed by atoms with Crippen LogP contribution in [0, 0.1) is 6.92 Å². The minimum absolute atomic E-state index is 0.255. The quantitative estimate of drug-likeness (QED) is 0.411. The summed E-state index contributed by atoms with van der Waals surface area (Å²) in [6, 6.07) is 14.1. The Balaban J connectivity index is 1.25. The smallest absolute Gasteiger partial charge is 0.487 e. The Morgan fingerprint density at radius 3 is 2.38 bits per heavy atom. The highest BCUT2D eigenvalue weighted by Gasteiger charge is 2.46. The summed E-state index contributed by atoms with van der Waals surface area (Å²) < 4.78 is 52.1. The molecule has 1 aromatic heterocycles. The van der Waals surface area contributed by atoms with Crippen LogP contribution in [0.4, 0.5) is 19.0 Å². The first-order valence-corrected chi connectivity index (χ1v) is 12.3. The first-order valence-electron chi connectivity index (χ1n) is 12.3. The molecule has 1 aliphatic heterocycles. The normalized spacial score (nSPS) is 16.2. The molecule has 1 amide bonds. The van der Waals surface area contributed by atoms with Crippen molar-refractivity contribution in [1.29, 1.82) is 0 Å². The van der Waals surface area contributed by atoms with Crippen molar-refractivity contribution in [3.63, 3.8) is 0 Å². The lowest BCUT2D eigenvalue weighted by atomic mass is 10.0. The van der Waals surface area contributed by atoms with Crippen molar-refractivity contribution < 1.29 is 37.0 Å². The van der Waals surface area contributed by atoms with Crippen LogP contribution in [0.2, 0.25) is 0 Å². The van der Waals surface area contributed by atoms with Gasteiger partial charge in [-0.05, 0) is 61.2 Å². The summed E-state index contributed by atoms with van der Waals surface area (Å²) in [5, 5.41) is 3.15. The first kappa shape index (κ1) is 26.3. The van der Waals surface area contributed by atoms with E-state index in [0.717, 1.165) is 24.0 Å². The summed E-state index contributed by atoms with van der Waals surface area (Å²) in [6.45, 7) is 2.66. The van der Waals surface area contributed by atoms with Crippen LogP contribution in [-0.2, 0) is 10.3 Å². The van der Waals surface area contributed by atoms with E-state index in [4.69, 9.17) is 9.47 Å². The highest BCUT2D eigenvalue weighted by atomic mass is 19.4. The maximum absolute atomic E-state index is 13.4. The maximum atomic E-state index is 13.4. The number of alkyl halides is 3. The molecule has 0 bridgehead atoms. The molecular formula is C28H26F3N3O5. The van der Waals surface area contributed by atoms with Crippen LogP contribution in [0.1, 0.15) is 44.7 Å². The van der Waals surface area contributed by atoms with Crippen LogP contribution in [0.15, 0.2) is 60.8 Å². The van der Waals surface area contributed by atoms with Gasteiger partial charge in [-0.15, -0.1) is 13.2 Å². The van der Waals surface area contributed by atoms with Gasteiger partial charge in [-0.25, -0.2) is 9.78 Å². The number of amides is 1. The highest BCUT2D eigenvalue weighted by Crippen LogP contribution is 2.46. The van der Waals surface area contributed by atoms with E-state index < -0.39 is 17.9 Å².